The minimum absolute atomic E-state index is 0.0990. The first kappa shape index (κ1) is 12.0. The van der Waals surface area contributed by atoms with Crippen LogP contribution in [0.4, 0.5) is 0 Å². The molecule has 2 saturated heterocycles. The molecule has 3 aliphatic rings. The monoisotopic (exact) mass is 252 g/mol. The van der Waals surface area contributed by atoms with E-state index in [1.165, 1.54) is 12.8 Å². The van der Waals surface area contributed by atoms with Crippen LogP contribution in [0.5, 0.6) is 0 Å². The lowest BCUT2D eigenvalue weighted by molar-refractivity contribution is -0.144. The molecule has 3 rings (SSSR count). The summed E-state index contributed by atoms with van der Waals surface area (Å²) >= 11 is 0. The van der Waals surface area contributed by atoms with E-state index in [2.05, 4.69) is 10.2 Å². The Hall–Kier alpha value is -1.10. The predicted octanol–water partition coefficient (Wildman–Crippen LogP) is 0.452. The molecule has 1 spiro atoms. The first-order valence-corrected chi connectivity index (χ1v) is 6.85. The predicted molar refractivity (Wildman–Crippen MR) is 65.0 cm³/mol. The van der Waals surface area contributed by atoms with Crippen LogP contribution in [0, 0.1) is 11.8 Å². The van der Waals surface area contributed by atoms with Gasteiger partial charge in [0.2, 0.25) is 5.91 Å². The van der Waals surface area contributed by atoms with Crippen molar-refractivity contribution in [2.75, 3.05) is 19.6 Å². The normalized spacial score (nSPS) is 31.6. The molecule has 0 aromatic carbocycles. The van der Waals surface area contributed by atoms with Crippen LogP contribution in [-0.2, 0) is 9.59 Å². The van der Waals surface area contributed by atoms with Crippen molar-refractivity contribution in [1.29, 1.82) is 0 Å². The average Bonchev–Trinajstić information content (AvgIpc) is 3.07. The molecule has 0 bridgehead atoms. The lowest BCUT2D eigenvalue weighted by Crippen LogP contribution is -2.55. The Bertz CT molecular complexity index is 370. The molecule has 2 heterocycles. The Labute approximate surface area is 107 Å². The van der Waals surface area contributed by atoms with Gasteiger partial charge in [0.1, 0.15) is 0 Å². The molecule has 5 nitrogen and oxygen atoms in total. The first-order chi connectivity index (χ1) is 8.59. The van der Waals surface area contributed by atoms with Crippen molar-refractivity contribution < 1.29 is 14.7 Å². The van der Waals surface area contributed by atoms with Gasteiger partial charge < -0.3 is 15.3 Å². The molecule has 1 amide bonds. The molecular weight excluding hydrogens is 232 g/mol. The molecule has 1 aliphatic carbocycles. The molecule has 2 N–H and O–H groups in total. The number of aliphatic carboxylic acids is 1. The van der Waals surface area contributed by atoms with Crippen LogP contribution in [0.2, 0.25) is 0 Å². The van der Waals surface area contributed by atoms with Gasteiger partial charge >= 0.3 is 5.97 Å². The molecule has 0 aromatic rings. The van der Waals surface area contributed by atoms with Crippen molar-refractivity contribution in [3.8, 4) is 0 Å². The fraction of sp³-hybridized carbons (Fsp3) is 0.846. The first-order valence-electron chi connectivity index (χ1n) is 6.85. The van der Waals surface area contributed by atoms with Gasteiger partial charge in [-0.3, -0.25) is 9.59 Å². The highest BCUT2D eigenvalue weighted by molar-refractivity contribution is 5.88. The summed E-state index contributed by atoms with van der Waals surface area (Å²) in [6.07, 6.45) is 4.40. The summed E-state index contributed by atoms with van der Waals surface area (Å²) in [5.41, 5.74) is -0.469. The second-order valence-electron chi connectivity index (χ2n) is 6.04. The number of rotatable bonds is 3. The number of nitrogens with one attached hydrogen (secondary N) is 1. The molecule has 0 unspecified atom stereocenters. The molecule has 100 valence electrons. The van der Waals surface area contributed by atoms with Gasteiger partial charge in [0.05, 0.1) is 11.5 Å². The molecule has 3 fully saturated rings. The minimum atomic E-state index is -0.830. The van der Waals surface area contributed by atoms with Gasteiger partial charge in [-0.1, -0.05) is 0 Å². The van der Waals surface area contributed by atoms with Gasteiger partial charge in [-0.05, 0) is 31.6 Å². The third-order valence-electron chi connectivity index (χ3n) is 4.70. The maximum Gasteiger partial charge on any atom is 0.309 e. The largest absolute Gasteiger partial charge is 0.481 e. The third-order valence-corrected chi connectivity index (χ3v) is 4.70. The van der Waals surface area contributed by atoms with Crippen LogP contribution in [0.1, 0.15) is 32.1 Å². The minimum Gasteiger partial charge on any atom is -0.481 e. The fourth-order valence-corrected chi connectivity index (χ4v) is 3.39. The second kappa shape index (κ2) is 4.23. The summed E-state index contributed by atoms with van der Waals surface area (Å²) in [7, 11) is 0. The van der Waals surface area contributed by atoms with E-state index in [-0.39, 0.29) is 12.3 Å². The lowest BCUT2D eigenvalue weighted by atomic mass is 9.77. The van der Waals surface area contributed by atoms with E-state index in [9.17, 15) is 14.7 Å². The number of carboxylic acid groups (broad SMARTS) is 1. The van der Waals surface area contributed by atoms with Crippen LogP contribution in [-0.4, -0.2) is 47.1 Å². The molecular formula is C13H20N2O3. The van der Waals surface area contributed by atoms with E-state index in [0.717, 1.165) is 38.4 Å². The zero-order chi connectivity index (χ0) is 12.8. The summed E-state index contributed by atoms with van der Waals surface area (Å²) in [6, 6.07) is 0. The Balaban J connectivity index is 1.64. The maximum absolute atomic E-state index is 11.5. The summed E-state index contributed by atoms with van der Waals surface area (Å²) in [6.45, 7) is 2.99. The zero-order valence-corrected chi connectivity index (χ0v) is 10.5. The van der Waals surface area contributed by atoms with Crippen LogP contribution in [0.3, 0.4) is 0 Å². The molecule has 5 heteroatoms. The molecule has 18 heavy (non-hydrogen) atoms. The Kier molecular flexibility index (Phi) is 2.81. The fourth-order valence-electron chi connectivity index (χ4n) is 3.39. The van der Waals surface area contributed by atoms with Gasteiger partial charge in [0, 0.05) is 26.1 Å². The number of carbonyl (C=O) groups is 2. The van der Waals surface area contributed by atoms with Gasteiger partial charge in [-0.2, -0.15) is 0 Å². The van der Waals surface area contributed by atoms with Gasteiger partial charge in [0.25, 0.3) is 0 Å². The third kappa shape index (κ3) is 2.11. The number of carbonyl (C=O) groups excluding carboxylic acids is 1. The van der Waals surface area contributed by atoms with Crippen molar-refractivity contribution in [3.05, 3.63) is 0 Å². The smallest absolute Gasteiger partial charge is 0.309 e. The summed E-state index contributed by atoms with van der Waals surface area (Å²) in [5, 5.41) is 12.2. The van der Waals surface area contributed by atoms with E-state index < -0.39 is 17.4 Å². The van der Waals surface area contributed by atoms with Crippen molar-refractivity contribution >= 4 is 11.9 Å². The van der Waals surface area contributed by atoms with Crippen LogP contribution < -0.4 is 5.32 Å². The van der Waals surface area contributed by atoms with Gasteiger partial charge in [0.15, 0.2) is 0 Å². The SMILES string of the molecule is O=C1C[C@@H](C(=O)O)C2(CCN(CC3CC3)CC2)N1. The van der Waals surface area contributed by atoms with Crippen molar-refractivity contribution in [2.45, 2.75) is 37.6 Å². The maximum atomic E-state index is 11.5. The Morgan fingerprint density at radius 2 is 2.06 bits per heavy atom. The summed E-state index contributed by atoms with van der Waals surface area (Å²) in [4.78, 5) is 25.2. The molecule has 2 aliphatic heterocycles. The molecule has 0 radical (unpaired) electrons. The van der Waals surface area contributed by atoms with E-state index in [1.54, 1.807) is 0 Å². The number of hydrogen-bond acceptors (Lipinski definition) is 3. The van der Waals surface area contributed by atoms with E-state index in [0.29, 0.717) is 0 Å². The average molecular weight is 252 g/mol. The number of carboxylic acids is 1. The highest BCUT2D eigenvalue weighted by Gasteiger charge is 2.51. The Morgan fingerprint density at radius 3 is 2.61 bits per heavy atom. The highest BCUT2D eigenvalue weighted by atomic mass is 16.4. The quantitative estimate of drug-likeness (QED) is 0.765. The summed E-state index contributed by atoms with van der Waals surface area (Å²) < 4.78 is 0. The van der Waals surface area contributed by atoms with Crippen LogP contribution in [0.25, 0.3) is 0 Å². The molecule has 1 saturated carbocycles. The van der Waals surface area contributed by atoms with Crippen molar-refractivity contribution in [1.82, 2.24) is 10.2 Å². The van der Waals surface area contributed by atoms with E-state index in [1.807, 2.05) is 0 Å². The van der Waals surface area contributed by atoms with E-state index >= 15 is 0 Å². The van der Waals surface area contributed by atoms with E-state index in [4.69, 9.17) is 0 Å². The number of amides is 1. The Morgan fingerprint density at radius 1 is 1.39 bits per heavy atom. The van der Waals surface area contributed by atoms with Crippen molar-refractivity contribution in [3.63, 3.8) is 0 Å². The van der Waals surface area contributed by atoms with Gasteiger partial charge in [-0.15, -0.1) is 0 Å². The van der Waals surface area contributed by atoms with Crippen LogP contribution in [0.15, 0.2) is 0 Å². The second-order valence-corrected chi connectivity index (χ2v) is 6.04. The highest BCUT2D eigenvalue weighted by Crippen LogP contribution is 2.38. The topological polar surface area (TPSA) is 69.6 Å². The number of likely N-dealkylation sites (tertiary alicyclic amines) is 1. The van der Waals surface area contributed by atoms with Crippen molar-refractivity contribution in [2.24, 2.45) is 11.8 Å². The van der Waals surface area contributed by atoms with Crippen LogP contribution >= 0.6 is 0 Å². The summed E-state index contributed by atoms with van der Waals surface area (Å²) in [5.74, 6) is -0.595. The number of nitrogens with zero attached hydrogens (tertiary/aromatic N) is 1. The standard InChI is InChI=1S/C13H20N2O3/c16-11-7-10(12(17)18)13(14-11)3-5-15(6-4-13)8-9-1-2-9/h9-10H,1-8H2,(H,14,16)(H,17,18)/t10-/m0/s1. The lowest BCUT2D eigenvalue weighted by Gasteiger charge is -2.41. The zero-order valence-electron chi connectivity index (χ0n) is 10.5. The molecule has 1 atom stereocenters. The number of piperidine rings is 1. The number of hydrogen-bond donors (Lipinski definition) is 2. The van der Waals surface area contributed by atoms with Gasteiger partial charge in [-0.25, -0.2) is 0 Å². The molecule has 0 aromatic heterocycles.